The summed E-state index contributed by atoms with van der Waals surface area (Å²) in [5, 5.41) is 0. The van der Waals surface area contributed by atoms with Gasteiger partial charge in [0.05, 0.1) is 11.3 Å². The SMILES string of the molecule is Cc1oc(-c2ccccc2F)nc1CN1CCCN(C(=O)[C@H]2CCCO2)CC1. The van der Waals surface area contributed by atoms with Crippen LogP contribution in [0.5, 0.6) is 0 Å². The van der Waals surface area contributed by atoms with Gasteiger partial charge in [0.15, 0.2) is 0 Å². The van der Waals surface area contributed by atoms with Crippen LogP contribution in [0.25, 0.3) is 11.5 Å². The fourth-order valence-electron chi connectivity index (χ4n) is 3.86. The number of hydrogen-bond acceptors (Lipinski definition) is 5. The third-order valence-corrected chi connectivity index (χ3v) is 5.48. The van der Waals surface area contributed by atoms with E-state index < -0.39 is 0 Å². The Morgan fingerprint density at radius 3 is 2.86 bits per heavy atom. The Balaban J connectivity index is 1.40. The molecule has 0 N–H and O–H groups in total. The molecule has 3 heterocycles. The largest absolute Gasteiger partial charge is 0.441 e. The van der Waals surface area contributed by atoms with Gasteiger partial charge >= 0.3 is 0 Å². The number of aromatic nitrogens is 1. The fourth-order valence-corrected chi connectivity index (χ4v) is 3.86. The molecule has 2 fully saturated rings. The van der Waals surface area contributed by atoms with Crippen LogP contribution >= 0.6 is 0 Å². The van der Waals surface area contributed by atoms with E-state index in [-0.39, 0.29) is 17.8 Å². The van der Waals surface area contributed by atoms with Crippen molar-refractivity contribution in [3.05, 3.63) is 41.5 Å². The van der Waals surface area contributed by atoms with Crippen molar-refractivity contribution in [2.24, 2.45) is 0 Å². The molecule has 7 heteroatoms. The van der Waals surface area contributed by atoms with Crippen molar-refractivity contribution in [3.63, 3.8) is 0 Å². The van der Waals surface area contributed by atoms with E-state index in [1.807, 2.05) is 11.8 Å². The molecule has 1 aromatic carbocycles. The molecule has 1 aromatic heterocycles. The number of halogens is 1. The van der Waals surface area contributed by atoms with Gasteiger partial charge in [-0.2, -0.15) is 0 Å². The third-order valence-electron chi connectivity index (χ3n) is 5.48. The van der Waals surface area contributed by atoms with Crippen molar-refractivity contribution >= 4 is 5.91 Å². The van der Waals surface area contributed by atoms with E-state index in [1.54, 1.807) is 18.2 Å². The lowest BCUT2D eigenvalue weighted by atomic mass is 10.2. The molecule has 0 spiro atoms. The monoisotopic (exact) mass is 387 g/mol. The summed E-state index contributed by atoms with van der Waals surface area (Å²) in [6.07, 6.45) is 2.45. The number of carbonyl (C=O) groups excluding carboxylic acids is 1. The summed E-state index contributed by atoms with van der Waals surface area (Å²) < 4.78 is 25.3. The number of hydrogen-bond donors (Lipinski definition) is 0. The van der Waals surface area contributed by atoms with Gasteiger partial charge in [-0.3, -0.25) is 9.69 Å². The van der Waals surface area contributed by atoms with Crippen molar-refractivity contribution < 1.29 is 18.3 Å². The summed E-state index contributed by atoms with van der Waals surface area (Å²) in [6.45, 7) is 6.29. The number of aryl methyl sites for hydroxylation is 1. The summed E-state index contributed by atoms with van der Waals surface area (Å²) in [5.74, 6) is 0.803. The summed E-state index contributed by atoms with van der Waals surface area (Å²) in [5.41, 5.74) is 1.19. The minimum Gasteiger partial charge on any atom is -0.441 e. The lowest BCUT2D eigenvalue weighted by molar-refractivity contribution is -0.140. The van der Waals surface area contributed by atoms with Crippen LogP contribution in [0.2, 0.25) is 0 Å². The summed E-state index contributed by atoms with van der Waals surface area (Å²) in [4.78, 5) is 21.3. The molecule has 2 aliphatic rings. The standard InChI is InChI=1S/C21H26FN3O3/c1-15-18(23-20(28-15)16-6-2-3-7-17(16)22)14-24-9-5-10-25(12-11-24)21(26)19-8-4-13-27-19/h2-3,6-7,19H,4-5,8-14H2,1H3/t19-/m1/s1. The third kappa shape index (κ3) is 4.10. The first kappa shape index (κ1) is 19.1. The molecule has 2 aromatic rings. The summed E-state index contributed by atoms with van der Waals surface area (Å²) in [6, 6.07) is 6.50. The van der Waals surface area contributed by atoms with E-state index in [0.29, 0.717) is 36.9 Å². The zero-order chi connectivity index (χ0) is 19.5. The first-order valence-electron chi connectivity index (χ1n) is 9.96. The van der Waals surface area contributed by atoms with Gasteiger partial charge in [-0.25, -0.2) is 9.37 Å². The lowest BCUT2D eigenvalue weighted by Crippen LogP contribution is -2.41. The zero-order valence-corrected chi connectivity index (χ0v) is 16.2. The Morgan fingerprint density at radius 2 is 2.07 bits per heavy atom. The van der Waals surface area contributed by atoms with Gasteiger partial charge in [0.25, 0.3) is 5.91 Å². The van der Waals surface area contributed by atoms with Gasteiger partial charge in [-0.15, -0.1) is 0 Å². The molecule has 150 valence electrons. The van der Waals surface area contributed by atoms with E-state index in [4.69, 9.17) is 9.15 Å². The number of rotatable bonds is 4. The van der Waals surface area contributed by atoms with E-state index in [2.05, 4.69) is 9.88 Å². The molecule has 1 amide bonds. The number of benzene rings is 1. The first-order valence-corrected chi connectivity index (χ1v) is 9.96. The minimum atomic E-state index is -0.339. The van der Waals surface area contributed by atoms with Gasteiger partial charge in [-0.1, -0.05) is 12.1 Å². The van der Waals surface area contributed by atoms with Crippen LogP contribution in [0.3, 0.4) is 0 Å². The average molecular weight is 387 g/mol. The Labute approximate surface area is 164 Å². The van der Waals surface area contributed by atoms with E-state index in [1.165, 1.54) is 6.07 Å². The van der Waals surface area contributed by atoms with Gasteiger partial charge in [-0.05, 0) is 38.3 Å². The average Bonchev–Trinajstić information content (AvgIpc) is 3.28. The summed E-state index contributed by atoms with van der Waals surface area (Å²) >= 11 is 0. The lowest BCUT2D eigenvalue weighted by Gasteiger charge is -2.24. The molecule has 0 bridgehead atoms. The molecule has 0 saturated carbocycles. The molecule has 0 radical (unpaired) electrons. The highest BCUT2D eigenvalue weighted by atomic mass is 19.1. The van der Waals surface area contributed by atoms with Crippen molar-refractivity contribution in [2.75, 3.05) is 32.8 Å². The molecule has 4 rings (SSSR count). The second-order valence-corrected chi connectivity index (χ2v) is 7.46. The molecule has 28 heavy (non-hydrogen) atoms. The maximum Gasteiger partial charge on any atom is 0.251 e. The highest BCUT2D eigenvalue weighted by molar-refractivity contribution is 5.81. The molecular weight excluding hydrogens is 361 g/mol. The number of nitrogens with zero attached hydrogens (tertiary/aromatic N) is 3. The highest BCUT2D eigenvalue weighted by Gasteiger charge is 2.29. The van der Waals surface area contributed by atoms with Gasteiger partial charge in [0, 0.05) is 39.3 Å². The Kier molecular flexibility index (Phi) is 5.73. The normalized spacial score (nSPS) is 21.1. The second-order valence-electron chi connectivity index (χ2n) is 7.46. The van der Waals surface area contributed by atoms with Crippen LogP contribution in [0.1, 0.15) is 30.7 Å². The van der Waals surface area contributed by atoms with Crippen LogP contribution in [0.15, 0.2) is 28.7 Å². The molecule has 2 aliphatic heterocycles. The van der Waals surface area contributed by atoms with Gasteiger partial charge in [0.1, 0.15) is 17.7 Å². The maximum absolute atomic E-state index is 14.0. The molecule has 0 unspecified atom stereocenters. The Hall–Kier alpha value is -2.25. The van der Waals surface area contributed by atoms with Crippen LogP contribution in [-0.2, 0) is 16.1 Å². The van der Waals surface area contributed by atoms with Crippen LogP contribution in [-0.4, -0.2) is 59.6 Å². The summed E-state index contributed by atoms with van der Waals surface area (Å²) in [7, 11) is 0. The van der Waals surface area contributed by atoms with Gasteiger partial charge < -0.3 is 14.1 Å². The van der Waals surface area contributed by atoms with Crippen LogP contribution < -0.4 is 0 Å². The van der Waals surface area contributed by atoms with Crippen molar-refractivity contribution in [2.45, 2.75) is 38.8 Å². The Bertz CT molecular complexity index is 832. The molecular formula is C21H26FN3O3. The zero-order valence-electron chi connectivity index (χ0n) is 16.2. The van der Waals surface area contributed by atoms with Crippen molar-refractivity contribution in [1.29, 1.82) is 0 Å². The van der Waals surface area contributed by atoms with E-state index in [0.717, 1.165) is 44.6 Å². The van der Waals surface area contributed by atoms with Gasteiger partial charge in [0.2, 0.25) is 5.89 Å². The number of oxazole rings is 1. The first-order chi connectivity index (χ1) is 13.6. The predicted octanol–water partition coefficient (Wildman–Crippen LogP) is 3.00. The molecule has 6 nitrogen and oxygen atoms in total. The van der Waals surface area contributed by atoms with E-state index in [9.17, 15) is 9.18 Å². The highest BCUT2D eigenvalue weighted by Crippen LogP contribution is 2.25. The van der Waals surface area contributed by atoms with Crippen molar-refractivity contribution in [1.82, 2.24) is 14.8 Å². The molecule has 1 atom stereocenters. The predicted molar refractivity (Wildman–Crippen MR) is 102 cm³/mol. The molecule has 2 saturated heterocycles. The maximum atomic E-state index is 14.0. The number of ether oxygens (including phenoxy) is 1. The minimum absolute atomic E-state index is 0.124. The van der Waals surface area contributed by atoms with Crippen LogP contribution in [0, 0.1) is 12.7 Å². The van der Waals surface area contributed by atoms with Crippen molar-refractivity contribution in [3.8, 4) is 11.5 Å². The Morgan fingerprint density at radius 1 is 1.21 bits per heavy atom. The second kappa shape index (κ2) is 8.41. The fraction of sp³-hybridized carbons (Fsp3) is 0.524. The quantitative estimate of drug-likeness (QED) is 0.807. The van der Waals surface area contributed by atoms with Crippen LogP contribution in [0.4, 0.5) is 4.39 Å². The number of carbonyl (C=O) groups is 1. The molecule has 0 aliphatic carbocycles. The topological polar surface area (TPSA) is 58.8 Å². The number of amides is 1. The van der Waals surface area contributed by atoms with E-state index >= 15 is 0 Å². The smallest absolute Gasteiger partial charge is 0.251 e.